The van der Waals surface area contributed by atoms with Crippen molar-refractivity contribution in [2.75, 3.05) is 18.4 Å². The monoisotopic (exact) mass is 653 g/mol. The number of nitrogens with two attached hydrogens (primary N) is 1. The molecule has 9 nitrogen and oxygen atoms in total. The molecule has 2 saturated heterocycles. The first kappa shape index (κ1) is 32.3. The van der Waals surface area contributed by atoms with Gasteiger partial charge in [0.1, 0.15) is 18.2 Å². The van der Waals surface area contributed by atoms with Gasteiger partial charge in [0.2, 0.25) is 11.8 Å². The Morgan fingerprint density at radius 3 is 2.36 bits per heavy atom. The minimum Gasteiger partial charge on any atom is -0.374 e. The fourth-order valence-electron chi connectivity index (χ4n) is 6.54. The summed E-state index contributed by atoms with van der Waals surface area (Å²) in [5.74, 6) is -0.285. The van der Waals surface area contributed by atoms with Crippen molar-refractivity contribution < 1.29 is 14.0 Å². The van der Waals surface area contributed by atoms with E-state index in [9.17, 15) is 14.0 Å². The van der Waals surface area contributed by atoms with E-state index in [1.807, 2.05) is 30.5 Å². The summed E-state index contributed by atoms with van der Waals surface area (Å²) >= 11 is 0. The van der Waals surface area contributed by atoms with Crippen LogP contribution in [-0.4, -0.2) is 50.4 Å². The van der Waals surface area contributed by atoms with Crippen molar-refractivity contribution in [3.8, 4) is 22.4 Å². The van der Waals surface area contributed by atoms with Gasteiger partial charge >= 0.3 is 0 Å². The summed E-state index contributed by atoms with van der Waals surface area (Å²) in [7, 11) is 0. The number of aromatic nitrogens is 3. The van der Waals surface area contributed by atoms with E-state index in [1.54, 1.807) is 10.6 Å². The van der Waals surface area contributed by atoms with Gasteiger partial charge in [-0.1, -0.05) is 48.5 Å². The number of halogens is 2. The quantitative estimate of drug-likeness (QED) is 0.185. The van der Waals surface area contributed by atoms with Gasteiger partial charge in [-0.05, 0) is 79.2 Å². The van der Waals surface area contributed by atoms with E-state index in [2.05, 4.69) is 62.0 Å². The maximum atomic E-state index is 14.5. The summed E-state index contributed by atoms with van der Waals surface area (Å²) in [5, 5.41) is 10.0. The summed E-state index contributed by atoms with van der Waals surface area (Å²) in [5.41, 5.74) is 13.9. The molecule has 4 N–H and O–H groups in total. The molecular weight excluding hydrogens is 617 g/mol. The van der Waals surface area contributed by atoms with Gasteiger partial charge in [0.05, 0.1) is 11.2 Å². The number of piperidine rings is 2. The van der Waals surface area contributed by atoms with Crippen molar-refractivity contribution in [1.29, 1.82) is 0 Å². The van der Waals surface area contributed by atoms with E-state index in [1.165, 1.54) is 23.5 Å². The lowest BCUT2D eigenvalue weighted by atomic mass is 9.89. The molecule has 0 aliphatic carbocycles. The van der Waals surface area contributed by atoms with Crippen LogP contribution in [0.15, 0.2) is 85.3 Å². The minimum absolute atomic E-state index is 0. The van der Waals surface area contributed by atoms with Crippen LogP contribution in [0.2, 0.25) is 0 Å². The Morgan fingerprint density at radius 1 is 0.915 bits per heavy atom. The van der Waals surface area contributed by atoms with Crippen molar-refractivity contribution in [1.82, 2.24) is 24.8 Å². The number of imide groups is 1. The van der Waals surface area contributed by atoms with Crippen molar-refractivity contribution in [2.45, 2.75) is 50.7 Å². The van der Waals surface area contributed by atoms with Gasteiger partial charge in [-0.2, -0.15) is 5.10 Å². The Kier molecular flexibility index (Phi) is 9.63. The maximum absolute atomic E-state index is 14.5. The second-order valence-electron chi connectivity index (χ2n) is 12.2. The van der Waals surface area contributed by atoms with Gasteiger partial charge in [-0.15, -0.1) is 12.4 Å². The van der Waals surface area contributed by atoms with Crippen LogP contribution in [0, 0.1) is 5.82 Å². The highest BCUT2D eigenvalue weighted by Crippen LogP contribution is 2.31. The standard InChI is InChI=1S/C36H36FN7O2.ClH/c37-31-17-27(5-6-28(31)19-38)35-33-18-29(21-44(33)40-22-39-35)25-3-1-23(2-4-25)20-43-15-13-26(14-16-43)24-7-9-30(10-8-24)41-32-11-12-34(45)42-36(32)46;/h1-10,17-18,21-22,26,32,41H,11-16,19-20,38H2,(H,42,45,46);1H. The highest BCUT2D eigenvalue weighted by molar-refractivity contribution is 6.01. The summed E-state index contributed by atoms with van der Waals surface area (Å²) < 4.78 is 16.2. The Bertz CT molecular complexity index is 1890. The molecule has 47 heavy (non-hydrogen) atoms. The highest BCUT2D eigenvalue weighted by atomic mass is 35.5. The smallest absolute Gasteiger partial charge is 0.249 e. The van der Waals surface area contributed by atoms with Gasteiger partial charge < -0.3 is 11.1 Å². The average Bonchev–Trinajstić information content (AvgIpc) is 3.52. The van der Waals surface area contributed by atoms with Crippen LogP contribution in [0.5, 0.6) is 0 Å². The topological polar surface area (TPSA) is 118 Å². The number of carbonyl (C=O) groups is 2. The third-order valence-electron chi connectivity index (χ3n) is 9.20. The Hall–Kier alpha value is -4.64. The number of nitrogens with zero attached hydrogens (tertiary/aromatic N) is 4. The number of anilines is 1. The lowest BCUT2D eigenvalue weighted by Gasteiger charge is -2.32. The second-order valence-corrected chi connectivity index (χ2v) is 12.2. The predicted molar refractivity (Wildman–Crippen MR) is 182 cm³/mol. The molecule has 5 aromatic rings. The van der Waals surface area contributed by atoms with Crippen LogP contribution in [0.25, 0.3) is 27.9 Å². The first-order valence-corrected chi connectivity index (χ1v) is 15.8. The van der Waals surface area contributed by atoms with E-state index < -0.39 is 0 Å². The van der Waals surface area contributed by atoms with E-state index in [0.29, 0.717) is 35.6 Å². The number of carbonyl (C=O) groups excluding carboxylic acids is 2. The second kappa shape index (κ2) is 14.0. The lowest BCUT2D eigenvalue weighted by Crippen LogP contribution is -2.47. The summed E-state index contributed by atoms with van der Waals surface area (Å²) in [6.07, 6.45) is 6.53. The van der Waals surface area contributed by atoms with Gasteiger partial charge in [0.25, 0.3) is 0 Å². The van der Waals surface area contributed by atoms with E-state index >= 15 is 0 Å². The van der Waals surface area contributed by atoms with E-state index in [0.717, 1.165) is 54.8 Å². The third kappa shape index (κ3) is 7.05. The van der Waals surface area contributed by atoms with Crippen molar-refractivity contribution in [2.24, 2.45) is 5.73 Å². The summed E-state index contributed by atoms with van der Waals surface area (Å²) in [6.45, 7) is 3.11. The molecule has 0 radical (unpaired) electrons. The lowest BCUT2D eigenvalue weighted by molar-refractivity contribution is -0.133. The van der Waals surface area contributed by atoms with Crippen LogP contribution in [0.1, 0.15) is 48.3 Å². The number of hydrogen-bond donors (Lipinski definition) is 3. The molecule has 3 aromatic carbocycles. The van der Waals surface area contributed by atoms with Crippen molar-refractivity contribution in [3.05, 3.63) is 108 Å². The fraction of sp³-hybridized carbons (Fsp3) is 0.278. The van der Waals surface area contributed by atoms with Crippen LogP contribution in [-0.2, 0) is 22.7 Å². The molecule has 4 heterocycles. The molecule has 2 fully saturated rings. The van der Waals surface area contributed by atoms with Crippen LogP contribution in [0.3, 0.4) is 0 Å². The van der Waals surface area contributed by atoms with Gasteiger partial charge in [-0.3, -0.25) is 19.8 Å². The number of likely N-dealkylation sites (tertiary alicyclic amines) is 1. The molecule has 1 unspecified atom stereocenters. The zero-order chi connectivity index (χ0) is 31.6. The minimum atomic E-state index is -0.372. The average molecular weight is 654 g/mol. The third-order valence-corrected chi connectivity index (χ3v) is 9.20. The van der Waals surface area contributed by atoms with Gasteiger partial charge in [-0.25, -0.2) is 13.9 Å². The predicted octanol–water partition coefficient (Wildman–Crippen LogP) is 5.68. The molecule has 1 atom stereocenters. The van der Waals surface area contributed by atoms with Crippen LogP contribution in [0.4, 0.5) is 10.1 Å². The van der Waals surface area contributed by atoms with E-state index in [4.69, 9.17) is 5.73 Å². The Morgan fingerprint density at radius 2 is 1.66 bits per heavy atom. The molecule has 11 heteroatoms. The zero-order valence-corrected chi connectivity index (χ0v) is 26.7. The number of nitrogens with one attached hydrogen (secondary N) is 2. The first-order chi connectivity index (χ1) is 22.4. The SMILES string of the molecule is Cl.NCc1ccc(-c2ncnn3cc(-c4ccc(CN5CCC(c6ccc(NC7CCC(=O)NC7=O)cc6)CC5)cc4)cc23)cc1F. The van der Waals surface area contributed by atoms with Crippen LogP contribution < -0.4 is 16.4 Å². The van der Waals surface area contributed by atoms with Crippen molar-refractivity contribution >= 4 is 35.4 Å². The number of rotatable bonds is 8. The maximum Gasteiger partial charge on any atom is 0.249 e. The molecule has 0 spiro atoms. The van der Waals surface area contributed by atoms with Crippen molar-refractivity contribution in [3.63, 3.8) is 0 Å². The Labute approximate surface area is 278 Å². The molecule has 2 aliphatic rings. The Balaban J connectivity index is 0.00000386. The van der Waals surface area contributed by atoms with Gasteiger partial charge in [0.15, 0.2) is 0 Å². The van der Waals surface area contributed by atoms with E-state index in [-0.39, 0.29) is 42.6 Å². The molecule has 7 rings (SSSR count). The number of benzene rings is 3. The largest absolute Gasteiger partial charge is 0.374 e. The van der Waals surface area contributed by atoms with Gasteiger partial charge in [0, 0.05) is 48.1 Å². The molecule has 2 aromatic heterocycles. The number of amides is 2. The van der Waals surface area contributed by atoms with Crippen LogP contribution >= 0.6 is 12.4 Å². The summed E-state index contributed by atoms with van der Waals surface area (Å²) in [6, 6.07) is 23.7. The zero-order valence-electron chi connectivity index (χ0n) is 25.9. The molecule has 2 aliphatic heterocycles. The summed E-state index contributed by atoms with van der Waals surface area (Å²) in [4.78, 5) is 30.4. The highest BCUT2D eigenvalue weighted by Gasteiger charge is 2.26. The first-order valence-electron chi connectivity index (χ1n) is 15.8. The number of hydrogen-bond acceptors (Lipinski definition) is 7. The number of fused-ring (bicyclic) bond motifs is 1. The molecule has 0 bridgehead atoms. The molecular formula is C36H37ClFN7O2. The molecule has 242 valence electrons. The normalized spacial score (nSPS) is 17.4. The molecule has 0 saturated carbocycles. The fourth-order valence-corrected chi connectivity index (χ4v) is 6.54. The molecule has 2 amide bonds.